The standard InChI is InChI=1S/C18H23NO2/c1-11-7-8-14(12(2)9-11)16-10-15(13(3)19-16)17(20)21-18(4,5)6/h7-10,19H,1-6H3. The number of esters is 1. The maximum Gasteiger partial charge on any atom is 0.340 e. The van der Waals surface area contributed by atoms with Crippen molar-refractivity contribution in [3.63, 3.8) is 0 Å². The molecule has 0 unspecified atom stereocenters. The summed E-state index contributed by atoms with van der Waals surface area (Å²) in [6, 6.07) is 8.17. The van der Waals surface area contributed by atoms with E-state index >= 15 is 0 Å². The molecule has 3 heteroatoms. The molecule has 0 spiro atoms. The van der Waals surface area contributed by atoms with E-state index in [1.165, 1.54) is 11.1 Å². The van der Waals surface area contributed by atoms with Crippen LogP contribution in [0.1, 0.15) is 48.0 Å². The van der Waals surface area contributed by atoms with Crippen LogP contribution in [0, 0.1) is 20.8 Å². The fraction of sp³-hybridized carbons (Fsp3) is 0.389. The molecular formula is C18H23NO2. The summed E-state index contributed by atoms with van der Waals surface area (Å²) in [6.45, 7) is 11.7. The third-order valence-corrected chi connectivity index (χ3v) is 3.31. The quantitative estimate of drug-likeness (QED) is 0.822. The molecule has 0 atom stereocenters. The van der Waals surface area contributed by atoms with Gasteiger partial charge >= 0.3 is 5.97 Å². The molecule has 21 heavy (non-hydrogen) atoms. The lowest BCUT2D eigenvalue weighted by Crippen LogP contribution is -2.24. The van der Waals surface area contributed by atoms with Crippen LogP contribution in [0.3, 0.4) is 0 Å². The molecule has 1 aromatic heterocycles. The summed E-state index contributed by atoms with van der Waals surface area (Å²) in [7, 11) is 0. The number of hydrogen-bond donors (Lipinski definition) is 1. The number of H-pyrrole nitrogens is 1. The Balaban J connectivity index is 2.37. The predicted octanol–water partition coefficient (Wildman–Crippen LogP) is 4.56. The Hall–Kier alpha value is -2.03. The van der Waals surface area contributed by atoms with Crippen molar-refractivity contribution in [2.45, 2.75) is 47.1 Å². The molecule has 0 amide bonds. The molecule has 0 fully saturated rings. The molecular weight excluding hydrogens is 262 g/mol. The second kappa shape index (κ2) is 5.40. The van der Waals surface area contributed by atoms with Crippen molar-refractivity contribution in [3.8, 4) is 11.3 Å². The molecule has 0 saturated carbocycles. The lowest BCUT2D eigenvalue weighted by Gasteiger charge is -2.19. The van der Waals surface area contributed by atoms with Crippen molar-refractivity contribution in [1.29, 1.82) is 0 Å². The van der Waals surface area contributed by atoms with E-state index in [0.29, 0.717) is 5.56 Å². The van der Waals surface area contributed by atoms with E-state index in [4.69, 9.17) is 4.74 Å². The first-order valence-electron chi connectivity index (χ1n) is 7.18. The Morgan fingerprint density at radius 3 is 2.33 bits per heavy atom. The average Bonchev–Trinajstić information content (AvgIpc) is 2.68. The molecule has 1 aromatic carbocycles. The number of aromatic nitrogens is 1. The van der Waals surface area contributed by atoms with E-state index < -0.39 is 5.60 Å². The van der Waals surface area contributed by atoms with Crippen LogP contribution < -0.4 is 0 Å². The predicted molar refractivity (Wildman–Crippen MR) is 85.6 cm³/mol. The van der Waals surface area contributed by atoms with Gasteiger partial charge in [-0.1, -0.05) is 23.8 Å². The monoisotopic (exact) mass is 285 g/mol. The van der Waals surface area contributed by atoms with Gasteiger partial charge in [0.1, 0.15) is 5.60 Å². The van der Waals surface area contributed by atoms with E-state index in [1.807, 2.05) is 33.8 Å². The zero-order valence-corrected chi connectivity index (χ0v) is 13.6. The number of carbonyl (C=O) groups is 1. The number of rotatable bonds is 2. The van der Waals surface area contributed by atoms with Crippen molar-refractivity contribution in [3.05, 3.63) is 46.6 Å². The zero-order valence-electron chi connectivity index (χ0n) is 13.6. The lowest BCUT2D eigenvalue weighted by molar-refractivity contribution is 0.00690. The van der Waals surface area contributed by atoms with Crippen molar-refractivity contribution in [2.24, 2.45) is 0 Å². The molecule has 1 heterocycles. The normalized spacial score (nSPS) is 11.5. The number of nitrogens with one attached hydrogen (secondary N) is 1. The summed E-state index contributed by atoms with van der Waals surface area (Å²) in [6.07, 6.45) is 0. The highest BCUT2D eigenvalue weighted by atomic mass is 16.6. The molecule has 2 rings (SSSR count). The second-order valence-corrected chi connectivity index (χ2v) is 6.54. The fourth-order valence-electron chi connectivity index (χ4n) is 2.36. The van der Waals surface area contributed by atoms with Crippen LogP contribution in [0.5, 0.6) is 0 Å². The molecule has 0 aliphatic carbocycles. The van der Waals surface area contributed by atoms with Crippen LogP contribution in [-0.2, 0) is 4.74 Å². The molecule has 112 valence electrons. The van der Waals surface area contributed by atoms with Gasteiger partial charge < -0.3 is 9.72 Å². The molecule has 1 N–H and O–H groups in total. The molecule has 3 nitrogen and oxygen atoms in total. The zero-order chi connectivity index (χ0) is 15.8. The van der Waals surface area contributed by atoms with Crippen LogP contribution in [0.2, 0.25) is 0 Å². The molecule has 0 radical (unpaired) electrons. The lowest BCUT2D eigenvalue weighted by atomic mass is 10.0. The maximum absolute atomic E-state index is 12.2. The number of aromatic amines is 1. The van der Waals surface area contributed by atoms with Crippen LogP contribution in [0.4, 0.5) is 0 Å². The van der Waals surface area contributed by atoms with Crippen molar-refractivity contribution in [2.75, 3.05) is 0 Å². The SMILES string of the molecule is Cc1ccc(-c2cc(C(=O)OC(C)(C)C)c(C)[nH]2)c(C)c1. The number of hydrogen-bond acceptors (Lipinski definition) is 2. The Morgan fingerprint density at radius 2 is 1.76 bits per heavy atom. The number of carbonyl (C=O) groups excluding carboxylic acids is 1. The van der Waals surface area contributed by atoms with E-state index in [0.717, 1.165) is 17.0 Å². The third kappa shape index (κ3) is 3.54. The third-order valence-electron chi connectivity index (χ3n) is 3.31. The highest BCUT2D eigenvalue weighted by Crippen LogP contribution is 2.26. The molecule has 0 aliphatic heterocycles. The highest BCUT2D eigenvalue weighted by molar-refractivity contribution is 5.92. The Bertz CT molecular complexity index is 675. The minimum Gasteiger partial charge on any atom is -0.456 e. The summed E-state index contributed by atoms with van der Waals surface area (Å²) in [5.41, 5.74) is 5.42. The molecule has 0 saturated heterocycles. The minimum atomic E-state index is -0.485. The van der Waals surface area contributed by atoms with Gasteiger partial charge in [-0.2, -0.15) is 0 Å². The van der Waals surface area contributed by atoms with Crippen LogP contribution >= 0.6 is 0 Å². The summed E-state index contributed by atoms with van der Waals surface area (Å²) in [4.78, 5) is 15.5. The second-order valence-electron chi connectivity index (χ2n) is 6.54. The topological polar surface area (TPSA) is 42.1 Å². The van der Waals surface area contributed by atoms with Crippen molar-refractivity contribution in [1.82, 2.24) is 4.98 Å². The van der Waals surface area contributed by atoms with Crippen molar-refractivity contribution < 1.29 is 9.53 Å². The minimum absolute atomic E-state index is 0.285. The van der Waals surface area contributed by atoms with E-state index in [1.54, 1.807) is 0 Å². The first kappa shape index (κ1) is 15.4. The van der Waals surface area contributed by atoms with Gasteiger partial charge in [-0.25, -0.2) is 4.79 Å². The highest BCUT2D eigenvalue weighted by Gasteiger charge is 2.21. The van der Waals surface area contributed by atoms with Crippen LogP contribution in [0.15, 0.2) is 24.3 Å². The summed E-state index contributed by atoms with van der Waals surface area (Å²) >= 11 is 0. The van der Waals surface area contributed by atoms with Crippen LogP contribution in [-0.4, -0.2) is 16.6 Å². The smallest absolute Gasteiger partial charge is 0.340 e. The first-order chi connectivity index (χ1) is 9.67. The van der Waals surface area contributed by atoms with Gasteiger partial charge in [0.25, 0.3) is 0 Å². The molecule has 2 aromatic rings. The van der Waals surface area contributed by atoms with E-state index in [-0.39, 0.29) is 5.97 Å². The fourth-order valence-corrected chi connectivity index (χ4v) is 2.36. The van der Waals surface area contributed by atoms with E-state index in [9.17, 15) is 4.79 Å². The first-order valence-corrected chi connectivity index (χ1v) is 7.18. The maximum atomic E-state index is 12.2. The molecule has 0 bridgehead atoms. The van der Waals surface area contributed by atoms with Gasteiger partial charge in [0.05, 0.1) is 5.56 Å². The van der Waals surface area contributed by atoms with Gasteiger partial charge in [-0.3, -0.25) is 0 Å². The largest absolute Gasteiger partial charge is 0.456 e. The Kier molecular flexibility index (Phi) is 3.95. The number of aryl methyl sites for hydroxylation is 3. The number of ether oxygens (including phenoxy) is 1. The van der Waals surface area contributed by atoms with Gasteiger partial charge in [-0.05, 0) is 53.2 Å². The number of benzene rings is 1. The summed E-state index contributed by atoms with van der Waals surface area (Å²) in [5, 5.41) is 0. The van der Waals surface area contributed by atoms with Gasteiger partial charge in [0.15, 0.2) is 0 Å². The Morgan fingerprint density at radius 1 is 1.10 bits per heavy atom. The summed E-state index contributed by atoms with van der Waals surface area (Å²) < 4.78 is 5.44. The van der Waals surface area contributed by atoms with Gasteiger partial charge in [0.2, 0.25) is 0 Å². The average molecular weight is 285 g/mol. The van der Waals surface area contributed by atoms with Crippen molar-refractivity contribution >= 4 is 5.97 Å². The molecule has 0 aliphatic rings. The summed E-state index contributed by atoms with van der Waals surface area (Å²) in [5.74, 6) is -0.285. The van der Waals surface area contributed by atoms with Crippen LogP contribution in [0.25, 0.3) is 11.3 Å². The van der Waals surface area contributed by atoms with Gasteiger partial charge in [0, 0.05) is 17.0 Å². The van der Waals surface area contributed by atoms with Gasteiger partial charge in [-0.15, -0.1) is 0 Å². The van der Waals surface area contributed by atoms with E-state index in [2.05, 4.69) is 37.0 Å². The Labute approximate surface area is 126 Å².